The molecular formula is C43H63NO11. The molecule has 1 aromatic heterocycles. The number of oxazole rings is 1. The highest BCUT2D eigenvalue weighted by Gasteiger charge is 2.45. The summed E-state index contributed by atoms with van der Waals surface area (Å²) in [7, 11) is 3.21. The molecule has 5 N–H and O–H groups in total. The number of aromatic nitrogens is 1. The van der Waals surface area contributed by atoms with Crippen LogP contribution < -0.4 is 9.47 Å². The van der Waals surface area contributed by atoms with Crippen LogP contribution in [0.15, 0.2) is 70.9 Å². The second-order valence-corrected chi connectivity index (χ2v) is 15.2. The lowest BCUT2D eigenvalue weighted by atomic mass is 9.79. The normalized spacial score (nSPS) is 29.0. The van der Waals surface area contributed by atoms with E-state index in [1.807, 2.05) is 50.3 Å². The van der Waals surface area contributed by atoms with Crippen LogP contribution in [0.1, 0.15) is 70.5 Å². The molecule has 2 aliphatic rings. The third-order valence-electron chi connectivity index (χ3n) is 10.9. The fraction of sp³-hybridized carbons (Fsp3) is 0.605. The smallest absolute Gasteiger partial charge is 0.197 e. The molecule has 10 atom stereocenters. The van der Waals surface area contributed by atoms with E-state index in [1.165, 1.54) is 0 Å². The van der Waals surface area contributed by atoms with Crippen LogP contribution in [0.2, 0.25) is 0 Å². The van der Waals surface area contributed by atoms with Gasteiger partial charge in [-0.2, -0.15) is 0 Å². The van der Waals surface area contributed by atoms with Crippen LogP contribution in [-0.4, -0.2) is 107 Å². The van der Waals surface area contributed by atoms with Crippen molar-refractivity contribution in [1.29, 1.82) is 0 Å². The maximum atomic E-state index is 11.2. The highest BCUT2D eigenvalue weighted by molar-refractivity contribution is 5.49. The summed E-state index contributed by atoms with van der Waals surface area (Å²) in [6.07, 6.45) is 10.3. The Bertz CT molecular complexity index is 1590. The number of benzene rings is 1. The molecule has 55 heavy (non-hydrogen) atoms. The van der Waals surface area contributed by atoms with E-state index in [4.69, 9.17) is 33.1 Å². The fourth-order valence-electron chi connectivity index (χ4n) is 7.93. The van der Waals surface area contributed by atoms with Gasteiger partial charge in [-0.1, -0.05) is 49.8 Å². The Balaban J connectivity index is 1.48. The maximum Gasteiger partial charge on any atom is 0.197 e. The van der Waals surface area contributed by atoms with Gasteiger partial charge in [0.15, 0.2) is 17.4 Å². The summed E-state index contributed by atoms with van der Waals surface area (Å²) < 4.78 is 36.4. The molecule has 0 radical (unpaired) electrons. The van der Waals surface area contributed by atoms with Crippen LogP contribution in [0.3, 0.4) is 0 Å². The lowest BCUT2D eigenvalue weighted by molar-refractivity contribution is -0.192. The van der Waals surface area contributed by atoms with Crippen molar-refractivity contribution in [3.05, 3.63) is 83.6 Å². The van der Waals surface area contributed by atoms with Crippen LogP contribution in [-0.2, 0) is 27.2 Å². The number of hydrogen-bond donors (Lipinski definition) is 5. The van der Waals surface area contributed by atoms with Crippen LogP contribution in [0.4, 0.5) is 0 Å². The average molecular weight is 770 g/mol. The van der Waals surface area contributed by atoms with E-state index in [9.17, 15) is 25.5 Å². The minimum Gasteiger partial charge on any atom is -0.493 e. The molecule has 12 heteroatoms. The Morgan fingerprint density at radius 1 is 1.09 bits per heavy atom. The van der Waals surface area contributed by atoms with Gasteiger partial charge in [-0.25, -0.2) is 4.98 Å². The Hall–Kier alpha value is -3.33. The van der Waals surface area contributed by atoms with E-state index in [2.05, 4.69) is 20.4 Å². The number of methoxy groups -OCH3 is 2. The second-order valence-electron chi connectivity index (χ2n) is 15.2. The zero-order valence-corrected chi connectivity index (χ0v) is 33.3. The van der Waals surface area contributed by atoms with Gasteiger partial charge in [0, 0.05) is 37.6 Å². The lowest BCUT2D eigenvalue weighted by Crippen LogP contribution is -2.52. The molecular weight excluding hydrogens is 706 g/mol. The summed E-state index contributed by atoms with van der Waals surface area (Å²) in [5, 5.41) is 51.5. The van der Waals surface area contributed by atoms with Gasteiger partial charge in [-0.05, 0) is 74.8 Å². The van der Waals surface area contributed by atoms with Gasteiger partial charge in [0.25, 0.3) is 0 Å². The Morgan fingerprint density at radius 3 is 2.51 bits per heavy atom. The van der Waals surface area contributed by atoms with Crippen molar-refractivity contribution >= 4 is 6.08 Å². The predicted molar refractivity (Wildman–Crippen MR) is 209 cm³/mol. The van der Waals surface area contributed by atoms with Crippen molar-refractivity contribution in [2.24, 2.45) is 23.7 Å². The third kappa shape index (κ3) is 11.8. The van der Waals surface area contributed by atoms with Gasteiger partial charge >= 0.3 is 0 Å². The number of rotatable bonds is 20. The largest absolute Gasteiger partial charge is 0.493 e. The fourth-order valence-corrected chi connectivity index (χ4v) is 7.93. The number of aliphatic hydroxyl groups excluding tert-OH is 5. The quantitative estimate of drug-likeness (QED) is 0.0881. The van der Waals surface area contributed by atoms with Gasteiger partial charge in [0.1, 0.15) is 17.6 Å². The monoisotopic (exact) mass is 769 g/mol. The summed E-state index contributed by atoms with van der Waals surface area (Å²) in [6, 6.07) is 5.72. The zero-order chi connectivity index (χ0) is 40.1. The van der Waals surface area contributed by atoms with Crippen LogP contribution >= 0.6 is 0 Å². The van der Waals surface area contributed by atoms with Crippen molar-refractivity contribution in [3.8, 4) is 11.5 Å². The van der Waals surface area contributed by atoms with Gasteiger partial charge in [0.05, 0.1) is 64.4 Å². The minimum atomic E-state index is -1.13. The molecule has 2 aliphatic heterocycles. The average Bonchev–Trinajstić information content (AvgIpc) is 3.62. The van der Waals surface area contributed by atoms with Crippen LogP contribution in [0, 0.1) is 23.7 Å². The van der Waals surface area contributed by atoms with E-state index in [-0.39, 0.29) is 74.8 Å². The number of aliphatic hydroxyl groups is 5. The van der Waals surface area contributed by atoms with Gasteiger partial charge in [-0.3, -0.25) is 0 Å². The molecule has 1 aromatic carbocycles. The highest BCUT2D eigenvalue weighted by Crippen LogP contribution is 2.39. The van der Waals surface area contributed by atoms with Crippen molar-refractivity contribution in [2.45, 2.75) is 103 Å². The number of ether oxygens (including phenoxy) is 5. The van der Waals surface area contributed by atoms with Crippen molar-refractivity contribution < 1.29 is 53.6 Å². The second kappa shape index (κ2) is 21.3. The first-order valence-corrected chi connectivity index (χ1v) is 19.3. The standard InChI is InChI=1S/C43H63NO11/c1-8-9-31(22-46)11-10-27(2)16-35(49)38-19-33(23-47)20-43(26-48,55-38)21-40-44-34(25-52-40)17-28(3)41-30(5)42(29(4)36(54-41)14-15-45)53-24-32-12-13-37(50-6)39(18-32)51-7/h8,10-13,16-18,25,29-31,33,35-36,38,41-42,45-49H,1,9,14-15,19-24,26H2,2-7H3/b11-10+,27-16+,28-17+/t29-,30-,31+,33+,35+,36+,38+,41-,42-,43-/m0/s1. The summed E-state index contributed by atoms with van der Waals surface area (Å²) in [6.45, 7) is 11.7. The minimum absolute atomic E-state index is 0.00484. The number of hydrogen-bond acceptors (Lipinski definition) is 12. The molecule has 0 unspecified atom stereocenters. The third-order valence-corrected chi connectivity index (χ3v) is 10.9. The molecule has 3 heterocycles. The van der Waals surface area contributed by atoms with Crippen molar-refractivity contribution in [1.82, 2.24) is 4.98 Å². The summed E-state index contributed by atoms with van der Waals surface area (Å²) in [5.41, 5.74) is 2.11. The molecule has 0 spiro atoms. The summed E-state index contributed by atoms with van der Waals surface area (Å²) in [5.74, 6) is 1.35. The molecule has 306 valence electrons. The van der Waals surface area contributed by atoms with E-state index in [1.54, 1.807) is 32.6 Å². The summed E-state index contributed by atoms with van der Waals surface area (Å²) in [4.78, 5) is 4.73. The first kappa shape index (κ1) is 44.4. The number of nitrogens with zero attached hydrogens (tertiary/aromatic N) is 1. The molecule has 0 aliphatic carbocycles. The molecule has 12 nitrogen and oxygen atoms in total. The first-order valence-electron chi connectivity index (χ1n) is 19.3. The molecule has 0 bridgehead atoms. The van der Waals surface area contributed by atoms with Crippen LogP contribution in [0.5, 0.6) is 11.5 Å². The molecule has 2 fully saturated rings. The van der Waals surface area contributed by atoms with E-state index in [0.29, 0.717) is 55.4 Å². The highest BCUT2D eigenvalue weighted by atomic mass is 16.5. The molecule has 0 saturated carbocycles. The number of allylic oxidation sites excluding steroid dienone is 3. The van der Waals surface area contributed by atoms with Gasteiger partial charge in [0.2, 0.25) is 0 Å². The van der Waals surface area contributed by atoms with E-state index in [0.717, 1.165) is 16.7 Å². The van der Waals surface area contributed by atoms with Gasteiger partial charge in [-0.15, -0.1) is 6.58 Å². The molecule has 2 aromatic rings. The topological polar surface area (TPSA) is 173 Å². The Morgan fingerprint density at radius 2 is 1.85 bits per heavy atom. The summed E-state index contributed by atoms with van der Waals surface area (Å²) >= 11 is 0. The maximum absolute atomic E-state index is 11.2. The lowest BCUT2D eigenvalue weighted by Gasteiger charge is -2.45. The first-order chi connectivity index (χ1) is 26.4. The van der Waals surface area contributed by atoms with E-state index >= 15 is 0 Å². The van der Waals surface area contributed by atoms with Crippen LogP contribution in [0.25, 0.3) is 6.08 Å². The molecule has 0 amide bonds. The molecule has 4 rings (SSSR count). The van der Waals surface area contributed by atoms with Crippen molar-refractivity contribution in [3.63, 3.8) is 0 Å². The van der Waals surface area contributed by atoms with Crippen molar-refractivity contribution in [2.75, 3.05) is 40.6 Å². The Labute approximate surface area is 326 Å². The Kier molecular flexibility index (Phi) is 17.2. The SMILES string of the molecule is C=CC[C@H](/C=C/C(C)=C/[C@@H](O)[C@H]1C[C@@H](CO)C[C@@](CO)(Cc2nc(/C=C(\C)[C@@H]3O[C@H](CCO)[C@H](C)[C@H](OCc4ccc(OC)c(OC)c4)[C@H]3C)co2)O1)CO. The van der Waals surface area contributed by atoms with E-state index < -0.39 is 17.8 Å². The van der Waals surface area contributed by atoms with Gasteiger partial charge < -0.3 is 53.6 Å². The zero-order valence-electron chi connectivity index (χ0n) is 33.3. The predicted octanol–water partition coefficient (Wildman–Crippen LogP) is 5.21. The molecule has 2 saturated heterocycles.